The molecule has 0 N–H and O–H groups in total. The smallest absolute Gasteiger partial charge is 0.237 e. The molecular formula is C20H25N5O. The first-order valence-corrected chi connectivity index (χ1v) is 9.28. The highest BCUT2D eigenvalue weighted by molar-refractivity contribution is 5.79. The average Bonchev–Trinajstić information content (AvgIpc) is 2.99. The fraction of sp³-hybridized carbons (Fsp3) is 0.450. The third-order valence-corrected chi connectivity index (χ3v) is 5.21. The van der Waals surface area contributed by atoms with Gasteiger partial charge < -0.3 is 9.80 Å². The minimum absolute atomic E-state index is 0.189. The van der Waals surface area contributed by atoms with Gasteiger partial charge in [0.15, 0.2) is 5.82 Å². The van der Waals surface area contributed by atoms with Crippen LogP contribution in [-0.4, -0.2) is 70.3 Å². The molecule has 0 unspecified atom stereocenters. The van der Waals surface area contributed by atoms with E-state index in [1.165, 1.54) is 0 Å². The molecule has 0 atom stereocenters. The SMILES string of the molecule is CN1CCCN(CC(=O)N2Cc3cnc(-c4ccccc4)nc3C2)CC1. The molecule has 0 radical (unpaired) electrons. The Morgan fingerprint density at radius 2 is 1.92 bits per heavy atom. The Morgan fingerprint density at radius 1 is 1.08 bits per heavy atom. The number of rotatable bonds is 3. The molecule has 2 aliphatic rings. The van der Waals surface area contributed by atoms with Crippen molar-refractivity contribution in [1.82, 2.24) is 24.7 Å². The Morgan fingerprint density at radius 3 is 2.77 bits per heavy atom. The summed E-state index contributed by atoms with van der Waals surface area (Å²) in [5.41, 5.74) is 3.05. The van der Waals surface area contributed by atoms with E-state index in [0.717, 1.165) is 55.2 Å². The first-order chi connectivity index (χ1) is 12.7. The Bertz CT molecular complexity index is 779. The Labute approximate surface area is 154 Å². The van der Waals surface area contributed by atoms with Crippen LogP contribution in [-0.2, 0) is 17.9 Å². The lowest BCUT2D eigenvalue weighted by atomic mass is 10.2. The summed E-state index contributed by atoms with van der Waals surface area (Å²) >= 11 is 0. The number of nitrogens with zero attached hydrogens (tertiary/aromatic N) is 5. The van der Waals surface area contributed by atoms with E-state index < -0.39 is 0 Å². The normalized spacial score (nSPS) is 18.6. The van der Waals surface area contributed by atoms with Gasteiger partial charge in [0.25, 0.3) is 0 Å². The minimum Gasteiger partial charge on any atom is -0.331 e. The highest BCUT2D eigenvalue weighted by Crippen LogP contribution is 2.23. The molecule has 136 valence electrons. The standard InChI is InChI=1S/C20H25N5O/c1-23-8-5-9-24(11-10-23)15-19(26)25-13-17-12-21-20(22-18(17)14-25)16-6-3-2-4-7-16/h2-4,6-7,12H,5,8-11,13-15H2,1H3. The van der Waals surface area contributed by atoms with Crippen molar-refractivity contribution in [2.45, 2.75) is 19.5 Å². The van der Waals surface area contributed by atoms with Crippen LogP contribution in [0.2, 0.25) is 0 Å². The van der Waals surface area contributed by atoms with Gasteiger partial charge in [-0.15, -0.1) is 0 Å². The highest BCUT2D eigenvalue weighted by atomic mass is 16.2. The number of benzene rings is 1. The van der Waals surface area contributed by atoms with E-state index in [9.17, 15) is 4.79 Å². The van der Waals surface area contributed by atoms with Crippen LogP contribution in [0.15, 0.2) is 36.5 Å². The summed E-state index contributed by atoms with van der Waals surface area (Å²) in [6.45, 7) is 5.80. The summed E-state index contributed by atoms with van der Waals surface area (Å²) in [6.07, 6.45) is 2.99. The molecule has 2 aliphatic heterocycles. The molecule has 1 aromatic heterocycles. The highest BCUT2D eigenvalue weighted by Gasteiger charge is 2.27. The van der Waals surface area contributed by atoms with Crippen molar-refractivity contribution in [2.75, 3.05) is 39.8 Å². The van der Waals surface area contributed by atoms with Crippen molar-refractivity contribution in [2.24, 2.45) is 0 Å². The number of hydrogen-bond donors (Lipinski definition) is 0. The van der Waals surface area contributed by atoms with E-state index in [0.29, 0.717) is 19.6 Å². The molecule has 1 amide bonds. The van der Waals surface area contributed by atoms with Crippen LogP contribution in [0.4, 0.5) is 0 Å². The quantitative estimate of drug-likeness (QED) is 0.841. The predicted octanol–water partition coefficient (Wildman–Crippen LogP) is 1.62. The van der Waals surface area contributed by atoms with Crippen molar-refractivity contribution in [3.8, 4) is 11.4 Å². The molecule has 2 aromatic rings. The lowest BCUT2D eigenvalue weighted by molar-refractivity contribution is -0.133. The van der Waals surface area contributed by atoms with E-state index in [1.807, 2.05) is 41.4 Å². The molecule has 3 heterocycles. The zero-order valence-corrected chi connectivity index (χ0v) is 15.3. The second kappa shape index (κ2) is 7.51. The summed E-state index contributed by atoms with van der Waals surface area (Å²) in [5.74, 6) is 0.919. The second-order valence-electron chi connectivity index (χ2n) is 7.21. The van der Waals surface area contributed by atoms with Crippen molar-refractivity contribution in [3.63, 3.8) is 0 Å². The monoisotopic (exact) mass is 351 g/mol. The van der Waals surface area contributed by atoms with Gasteiger partial charge in [-0.3, -0.25) is 9.69 Å². The van der Waals surface area contributed by atoms with E-state index in [1.54, 1.807) is 0 Å². The number of amides is 1. The Kier molecular flexibility index (Phi) is 4.95. The van der Waals surface area contributed by atoms with Gasteiger partial charge in [0.2, 0.25) is 5.91 Å². The van der Waals surface area contributed by atoms with Gasteiger partial charge in [-0.2, -0.15) is 0 Å². The van der Waals surface area contributed by atoms with Gasteiger partial charge in [0, 0.05) is 37.0 Å². The maximum atomic E-state index is 12.8. The Balaban J connectivity index is 1.41. The maximum absolute atomic E-state index is 12.8. The van der Waals surface area contributed by atoms with Crippen molar-refractivity contribution >= 4 is 5.91 Å². The largest absolute Gasteiger partial charge is 0.331 e. The van der Waals surface area contributed by atoms with E-state index >= 15 is 0 Å². The first-order valence-electron chi connectivity index (χ1n) is 9.28. The number of hydrogen-bond acceptors (Lipinski definition) is 5. The van der Waals surface area contributed by atoms with Crippen LogP contribution in [0.5, 0.6) is 0 Å². The average molecular weight is 351 g/mol. The van der Waals surface area contributed by atoms with Gasteiger partial charge in [0.1, 0.15) is 0 Å². The molecule has 1 fully saturated rings. The van der Waals surface area contributed by atoms with Gasteiger partial charge in [-0.25, -0.2) is 9.97 Å². The van der Waals surface area contributed by atoms with E-state index in [-0.39, 0.29) is 5.91 Å². The summed E-state index contributed by atoms with van der Waals surface area (Å²) in [5, 5.41) is 0. The molecule has 1 saturated heterocycles. The fourth-order valence-corrected chi connectivity index (χ4v) is 3.61. The van der Waals surface area contributed by atoms with E-state index in [2.05, 4.69) is 21.8 Å². The van der Waals surface area contributed by atoms with E-state index in [4.69, 9.17) is 4.98 Å². The zero-order valence-electron chi connectivity index (χ0n) is 15.3. The van der Waals surface area contributed by atoms with Crippen LogP contribution in [0.25, 0.3) is 11.4 Å². The molecule has 26 heavy (non-hydrogen) atoms. The van der Waals surface area contributed by atoms with Gasteiger partial charge in [-0.05, 0) is 26.6 Å². The molecular weight excluding hydrogens is 326 g/mol. The lowest BCUT2D eigenvalue weighted by Gasteiger charge is -2.23. The molecule has 0 spiro atoms. The summed E-state index contributed by atoms with van der Waals surface area (Å²) in [4.78, 5) is 28.5. The van der Waals surface area contributed by atoms with Gasteiger partial charge >= 0.3 is 0 Å². The number of carbonyl (C=O) groups is 1. The van der Waals surface area contributed by atoms with Crippen molar-refractivity contribution < 1.29 is 4.79 Å². The molecule has 0 saturated carbocycles. The van der Waals surface area contributed by atoms with Crippen LogP contribution in [0.3, 0.4) is 0 Å². The Hall–Kier alpha value is -2.31. The third kappa shape index (κ3) is 3.76. The number of likely N-dealkylation sites (N-methyl/N-ethyl adjacent to an activating group) is 1. The summed E-state index contributed by atoms with van der Waals surface area (Å²) < 4.78 is 0. The molecule has 0 bridgehead atoms. The van der Waals surface area contributed by atoms with Crippen LogP contribution in [0, 0.1) is 0 Å². The third-order valence-electron chi connectivity index (χ3n) is 5.21. The molecule has 6 nitrogen and oxygen atoms in total. The minimum atomic E-state index is 0.189. The lowest BCUT2D eigenvalue weighted by Crippen LogP contribution is -2.39. The van der Waals surface area contributed by atoms with Gasteiger partial charge in [0.05, 0.1) is 18.8 Å². The fourth-order valence-electron chi connectivity index (χ4n) is 3.61. The maximum Gasteiger partial charge on any atom is 0.237 e. The first kappa shape index (κ1) is 17.1. The van der Waals surface area contributed by atoms with Crippen molar-refractivity contribution in [3.05, 3.63) is 47.8 Å². The van der Waals surface area contributed by atoms with Crippen LogP contribution < -0.4 is 0 Å². The molecule has 0 aliphatic carbocycles. The summed E-state index contributed by atoms with van der Waals surface area (Å²) in [7, 11) is 2.14. The predicted molar refractivity (Wildman–Crippen MR) is 100 cm³/mol. The molecule has 1 aromatic carbocycles. The summed E-state index contributed by atoms with van der Waals surface area (Å²) in [6, 6.07) is 9.98. The zero-order chi connectivity index (χ0) is 17.9. The van der Waals surface area contributed by atoms with Crippen LogP contribution in [0.1, 0.15) is 17.7 Å². The molecule has 6 heteroatoms. The van der Waals surface area contributed by atoms with Gasteiger partial charge in [-0.1, -0.05) is 30.3 Å². The van der Waals surface area contributed by atoms with Crippen molar-refractivity contribution in [1.29, 1.82) is 0 Å². The second-order valence-corrected chi connectivity index (χ2v) is 7.21. The molecule has 4 rings (SSSR count). The topological polar surface area (TPSA) is 52.6 Å². The number of aromatic nitrogens is 2. The number of fused-ring (bicyclic) bond motifs is 1. The number of carbonyl (C=O) groups excluding carboxylic acids is 1. The van der Waals surface area contributed by atoms with Crippen LogP contribution >= 0.6 is 0 Å².